The molecule has 12 heteroatoms. The van der Waals surface area contributed by atoms with Crippen LogP contribution >= 0.6 is 11.8 Å². The summed E-state index contributed by atoms with van der Waals surface area (Å²) in [4.78, 5) is 0. The van der Waals surface area contributed by atoms with Gasteiger partial charge >= 0.3 is 10.4 Å². The number of hydrogen-bond donors (Lipinski definition) is 5. The Bertz CT molecular complexity index is 522. The molecule has 0 saturated carbocycles. The number of hydrogen-bond acceptors (Lipinski definition) is 10. The van der Waals surface area contributed by atoms with E-state index in [9.17, 15) is 23.7 Å². The molecule has 5 unspecified atom stereocenters. The van der Waals surface area contributed by atoms with E-state index in [-0.39, 0.29) is 11.5 Å². The normalized spacial score (nSPS) is 32.6. The molecule has 0 bridgehead atoms. The van der Waals surface area contributed by atoms with E-state index in [1.807, 2.05) is 0 Å². The van der Waals surface area contributed by atoms with Crippen molar-refractivity contribution >= 4 is 27.2 Å². The summed E-state index contributed by atoms with van der Waals surface area (Å²) >= 11 is 0.727. The summed E-state index contributed by atoms with van der Waals surface area (Å²) in [5.74, 6) is 0. The Balaban J connectivity index is 2.86. The predicted octanol–water partition coefficient (Wildman–Crippen LogP) is -1.38. The third-order valence-corrected chi connectivity index (χ3v) is 4.33. The SMILES string of the molecule is C=CCC/C(=N/OS(=O)(=O)O)SC1OC(CO)C(O)C(O)C1O. The molecule has 0 spiro atoms. The first-order chi connectivity index (χ1) is 10.7. The number of aliphatic hydroxyl groups excluding tert-OH is 4. The summed E-state index contributed by atoms with van der Waals surface area (Å²) in [5.41, 5.74) is -1.14. The van der Waals surface area contributed by atoms with Crippen molar-refractivity contribution in [2.24, 2.45) is 5.16 Å². The molecule has 1 saturated heterocycles. The highest BCUT2D eigenvalue weighted by Crippen LogP contribution is 2.30. The van der Waals surface area contributed by atoms with Crippen LogP contribution in [0.3, 0.4) is 0 Å². The number of ether oxygens (including phenoxy) is 1. The van der Waals surface area contributed by atoms with E-state index in [4.69, 9.17) is 14.4 Å². The first-order valence-electron chi connectivity index (χ1n) is 6.50. The molecule has 10 nitrogen and oxygen atoms in total. The van der Waals surface area contributed by atoms with Crippen molar-refractivity contribution in [1.82, 2.24) is 0 Å². The average Bonchev–Trinajstić information content (AvgIpc) is 2.49. The Morgan fingerprint density at radius 3 is 2.48 bits per heavy atom. The second-order valence-corrected chi connectivity index (χ2v) is 6.81. The van der Waals surface area contributed by atoms with E-state index in [1.54, 1.807) is 0 Å². The summed E-state index contributed by atoms with van der Waals surface area (Å²) in [7, 11) is -4.79. The largest absolute Gasteiger partial charge is 0.466 e. The molecule has 0 aromatic rings. The Morgan fingerprint density at radius 2 is 1.96 bits per heavy atom. The first-order valence-corrected chi connectivity index (χ1v) is 8.75. The van der Waals surface area contributed by atoms with Gasteiger partial charge in [0.1, 0.15) is 34.9 Å². The molecule has 134 valence electrons. The molecule has 1 aliphatic rings. The van der Waals surface area contributed by atoms with Gasteiger partial charge in [0.05, 0.1) is 6.61 Å². The van der Waals surface area contributed by atoms with Gasteiger partial charge in [-0.25, -0.2) is 4.28 Å². The summed E-state index contributed by atoms with van der Waals surface area (Å²) in [6.07, 6.45) is -3.62. The van der Waals surface area contributed by atoms with Gasteiger partial charge in [-0.2, -0.15) is 8.42 Å². The summed E-state index contributed by atoms with van der Waals surface area (Å²) in [5, 5.41) is 41.7. The minimum absolute atomic E-state index is 0.0341. The molecule has 0 radical (unpaired) electrons. The van der Waals surface area contributed by atoms with Gasteiger partial charge < -0.3 is 25.2 Å². The minimum atomic E-state index is -4.79. The van der Waals surface area contributed by atoms with Crippen LogP contribution in [0, 0.1) is 0 Å². The Kier molecular flexibility index (Phi) is 7.89. The highest BCUT2D eigenvalue weighted by molar-refractivity contribution is 8.14. The fourth-order valence-corrected chi connectivity index (χ4v) is 3.05. The third kappa shape index (κ3) is 6.35. The van der Waals surface area contributed by atoms with Crippen LogP contribution in [0.4, 0.5) is 0 Å². The standard InChI is InChI=1S/C11H19NO9S2/c1-2-3-4-7(12-21-23(17,18)19)22-11-10(16)9(15)8(14)6(5-13)20-11/h2,6,8-11,13-16H,1,3-5H2,(H,17,18,19)/b12-7-. The number of allylic oxidation sites excluding steroid dienone is 1. The predicted molar refractivity (Wildman–Crippen MR) is 80.9 cm³/mol. The van der Waals surface area contributed by atoms with Crippen LogP contribution in [-0.2, 0) is 19.4 Å². The maximum absolute atomic E-state index is 10.6. The number of rotatable bonds is 7. The van der Waals surface area contributed by atoms with Crippen LogP contribution < -0.4 is 0 Å². The maximum Gasteiger partial charge on any atom is 0.466 e. The topological polar surface area (TPSA) is 166 Å². The molecular formula is C11H19NO9S2. The Morgan fingerprint density at radius 1 is 1.30 bits per heavy atom. The molecule has 5 atom stereocenters. The highest BCUT2D eigenvalue weighted by Gasteiger charge is 2.44. The molecule has 1 aliphatic heterocycles. The monoisotopic (exact) mass is 373 g/mol. The molecular weight excluding hydrogens is 354 g/mol. The molecule has 0 aliphatic carbocycles. The Labute approximate surface area is 137 Å². The van der Waals surface area contributed by atoms with Crippen molar-refractivity contribution in [3.63, 3.8) is 0 Å². The number of thioether (sulfide) groups is 1. The zero-order chi connectivity index (χ0) is 17.6. The van der Waals surface area contributed by atoms with Crippen molar-refractivity contribution in [1.29, 1.82) is 0 Å². The summed E-state index contributed by atoms with van der Waals surface area (Å²) in [6.45, 7) is 2.90. The van der Waals surface area contributed by atoms with Crippen LogP contribution in [0.25, 0.3) is 0 Å². The third-order valence-electron chi connectivity index (χ3n) is 2.90. The van der Waals surface area contributed by atoms with E-state index in [0.29, 0.717) is 6.42 Å². The number of nitrogens with zero attached hydrogens (tertiary/aromatic N) is 1. The fraction of sp³-hybridized carbons (Fsp3) is 0.727. The smallest absolute Gasteiger partial charge is 0.394 e. The van der Waals surface area contributed by atoms with Crippen molar-refractivity contribution in [2.75, 3.05) is 6.61 Å². The van der Waals surface area contributed by atoms with E-state index < -0.39 is 46.9 Å². The van der Waals surface area contributed by atoms with Gasteiger partial charge in [-0.3, -0.25) is 4.55 Å². The van der Waals surface area contributed by atoms with Crippen molar-refractivity contribution in [3.8, 4) is 0 Å². The molecule has 0 aromatic carbocycles. The van der Waals surface area contributed by atoms with E-state index in [1.165, 1.54) is 6.08 Å². The van der Waals surface area contributed by atoms with Gasteiger partial charge in [0.2, 0.25) is 0 Å². The van der Waals surface area contributed by atoms with E-state index in [0.717, 1.165) is 11.8 Å². The van der Waals surface area contributed by atoms with Gasteiger partial charge in [0.25, 0.3) is 0 Å². The van der Waals surface area contributed by atoms with Gasteiger partial charge in [0.15, 0.2) is 0 Å². The molecule has 1 heterocycles. The van der Waals surface area contributed by atoms with Crippen LogP contribution in [0.15, 0.2) is 17.8 Å². The maximum atomic E-state index is 10.6. The van der Waals surface area contributed by atoms with Gasteiger partial charge in [-0.15, -0.1) is 6.58 Å². The van der Waals surface area contributed by atoms with Gasteiger partial charge in [-0.05, 0) is 6.42 Å². The van der Waals surface area contributed by atoms with Crippen LogP contribution in [0.5, 0.6) is 0 Å². The van der Waals surface area contributed by atoms with Crippen LogP contribution in [-0.4, -0.2) is 74.9 Å². The average molecular weight is 373 g/mol. The van der Waals surface area contributed by atoms with Gasteiger partial charge in [0, 0.05) is 6.42 Å². The van der Waals surface area contributed by atoms with Crippen molar-refractivity contribution < 1.29 is 42.4 Å². The number of aliphatic hydroxyl groups is 4. The zero-order valence-electron chi connectivity index (χ0n) is 11.9. The molecule has 1 rings (SSSR count). The quantitative estimate of drug-likeness (QED) is 0.118. The van der Waals surface area contributed by atoms with E-state index in [2.05, 4.69) is 16.0 Å². The zero-order valence-corrected chi connectivity index (χ0v) is 13.6. The first kappa shape index (κ1) is 20.3. The molecule has 5 N–H and O–H groups in total. The second kappa shape index (κ2) is 8.94. The number of oxime groups is 1. The molecule has 23 heavy (non-hydrogen) atoms. The van der Waals surface area contributed by atoms with Crippen LogP contribution in [0.1, 0.15) is 12.8 Å². The van der Waals surface area contributed by atoms with Crippen LogP contribution in [0.2, 0.25) is 0 Å². The minimum Gasteiger partial charge on any atom is -0.394 e. The Hall–Kier alpha value is -0.730. The van der Waals surface area contributed by atoms with E-state index >= 15 is 0 Å². The lowest BCUT2D eigenvalue weighted by molar-refractivity contribution is -0.205. The van der Waals surface area contributed by atoms with Gasteiger partial charge in [-0.1, -0.05) is 23.0 Å². The molecule has 0 aromatic heterocycles. The lowest BCUT2D eigenvalue weighted by Gasteiger charge is -2.39. The second-order valence-electron chi connectivity index (χ2n) is 4.63. The molecule has 0 amide bonds. The summed E-state index contributed by atoms with van der Waals surface area (Å²) < 4.78 is 38.9. The fourth-order valence-electron chi connectivity index (χ4n) is 1.74. The lowest BCUT2D eigenvalue weighted by atomic mass is 10.0. The summed E-state index contributed by atoms with van der Waals surface area (Å²) in [6, 6.07) is 0. The van der Waals surface area contributed by atoms with Crippen molar-refractivity contribution in [3.05, 3.63) is 12.7 Å². The lowest BCUT2D eigenvalue weighted by Crippen LogP contribution is -2.57. The molecule has 1 fully saturated rings. The van der Waals surface area contributed by atoms with Crippen molar-refractivity contribution in [2.45, 2.75) is 42.7 Å². The highest BCUT2D eigenvalue weighted by atomic mass is 32.3.